The first-order valence-electron chi connectivity index (χ1n) is 4.55. The Labute approximate surface area is 89.9 Å². The maximum absolute atomic E-state index is 12.3. The van der Waals surface area contributed by atoms with Crippen LogP contribution in [0.1, 0.15) is 26.5 Å². The van der Waals surface area contributed by atoms with Gasteiger partial charge in [-0.1, -0.05) is 0 Å². The molecule has 0 amide bonds. The zero-order valence-corrected chi connectivity index (χ0v) is 9.07. The molecule has 0 saturated carbocycles. The van der Waals surface area contributed by atoms with Crippen molar-refractivity contribution in [2.45, 2.75) is 32.5 Å². The van der Waals surface area contributed by atoms with E-state index in [1.54, 1.807) is 20.8 Å². The minimum Gasteiger partial charge on any atom is -0.351 e. The van der Waals surface area contributed by atoms with Crippen LogP contribution >= 0.6 is 0 Å². The Morgan fingerprint density at radius 1 is 1.31 bits per heavy atom. The second kappa shape index (κ2) is 3.80. The molecule has 0 radical (unpaired) electrons. The average molecular weight is 235 g/mol. The lowest BCUT2D eigenvalue weighted by atomic mass is 10.1. The van der Waals surface area contributed by atoms with E-state index in [0.717, 1.165) is 0 Å². The summed E-state index contributed by atoms with van der Waals surface area (Å²) in [6.45, 7) is 5.23. The van der Waals surface area contributed by atoms with E-state index >= 15 is 0 Å². The fourth-order valence-electron chi connectivity index (χ4n) is 1.02. The van der Waals surface area contributed by atoms with Crippen LogP contribution in [0.15, 0.2) is 10.9 Å². The molecule has 16 heavy (non-hydrogen) atoms. The molecule has 0 saturated heterocycles. The van der Waals surface area contributed by atoms with Crippen molar-refractivity contribution in [2.75, 3.05) is 5.32 Å². The van der Waals surface area contributed by atoms with Gasteiger partial charge < -0.3 is 5.32 Å². The van der Waals surface area contributed by atoms with Crippen LogP contribution < -0.4 is 10.9 Å². The quantitative estimate of drug-likeness (QED) is 0.782. The number of nitrogens with one attached hydrogen (secondary N) is 2. The van der Waals surface area contributed by atoms with Gasteiger partial charge in [0.2, 0.25) is 5.95 Å². The highest BCUT2D eigenvalue weighted by molar-refractivity contribution is 5.29. The van der Waals surface area contributed by atoms with E-state index in [0.29, 0.717) is 6.07 Å². The molecule has 4 nitrogen and oxygen atoms in total. The van der Waals surface area contributed by atoms with Crippen molar-refractivity contribution in [1.82, 2.24) is 9.97 Å². The molecule has 0 aliphatic carbocycles. The predicted molar refractivity (Wildman–Crippen MR) is 53.2 cm³/mol. The van der Waals surface area contributed by atoms with Crippen LogP contribution in [0.5, 0.6) is 0 Å². The molecule has 0 aromatic carbocycles. The Kier molecular flexibility index (Phi) is 2.98. The number of aromatic amines is 1. The average Bonchev–Trinajstić information content (AvgIpc) is 1.97. The van der Waals surface area contributed by atoms with Gasteiger partial charge in [-0.25, -0.2) is 4.98 Å². The summed E-state index contributed by atoms with van der Waals surface area (Å²) in [5.41, 5.74) is -2.53. The Morgan fingerprint density at radius 3 is 2.31 bits per heavy atom. The molecule has 0 atom stereocenters. The maximum Gasteiger partial charge on any atom is 0.433 e. The number of aromatic nitrogens is 2. The molecule has 0 spiro atoms. The summed E-state index contributed by atoms with van der Waals surface area (Å²) in [7, 11) is 0. The maximum atomic E-state index is 12.3. The number of halogens is 3. The summed E-state index contributed by atoms with van der Waals surface area (Å²) in [5, 5.41) is 2.67. The fraction of sp³-hybridized carbons (Fsp3) is 0.556. The van der Waals surface area contributed by atoms with Gasteiger partial charge in [-0.05, 0) is 20.8 Å². The van der Waals surface area contributed by atoms with Crippen molar-refractivity contribution in [2.24, 2.45) is 0 Å². The van der Waals surface area contributed by atoms with Gasteiger partial charge in [0.05, 0.1) is 0 Å². The molecule has 0 aliphatic rings. The molecular weight excluding hydrogens is 223 g/mol. The van der Waals surface area contributed by atoms with Gasteiger partial charge in [0.25, 0.3) is 5.56 Å². The third-order valence-electron chi connectivity index (χ3n) is 1.53. The lowest BCUT2D eigenvalue weighted by Crippen LogP contribution is -2.29. The first-order valence-corrected chi connectivity index (χ1v) is 4.55. The molecule has 0 aliphatic heterocycles. The van der Waals surface area contributed by atoms with E-state index in [2.05, 4.69) is 15.3 Å². The van der Waals surface area contributed by atoms with Crippen molar-refractivity contribution in [3.63, 3.8) is 0 Å². The van der Waals surface area contributed by atoms with Crippen LogP contribution in [0, 0.1) is 0 Å². The minimum absolute atomic E-state index is 0.188. The minimum atomic E-state index is -4.62. The highest BCUT2D eigenvalue weighted by atomic mass is 19.4. The van der Waals surface area contributed by atoms with Crippen molar-refractivity contribution >= 4 is 5.95 Å². The van der Waals surface area contributed by atoms with Gasteiger partial charge in [0.15, 0.2) is 5.69 Å². The van der Waals surface area contributed by atoms with Crippen LogP contribution in [-0.4, -0.2) is 15.5 Å². The molecule has 1 heterocycles. The number of hydrogen-bond acceptors (Lipinski definition) is 3. The lowest BCUT2D eigenvalue weighted by Gasteiger charge is -2.21. The van der Waals surface area contributed by atoms with E-state index in [-0.39, 0.29) is 5.95 Å². The van der Waals surface area contributed by atoms with E-state index < -0.39 is 23.0 Å². The van der Waals surface area contributed by atoms with Crippen LogP contribution in [0.2, 0.25) is 0 Å². The van der Waals surface area contributed by atoms with E-state index in [1.807, 2.05) is 0 Å². The first kappa shape index (κ1) is 12.5. The predicted octanol–water partition coefficient (Wildman–Crippen LogP) is 2.00. The topological polar surface area (TPSA) is 57.8 Å². The Balaban J connectivity index is 3.14. The van der Waals surface area contributed by atoms with Crippen molar-refractivity contribution < 1.29 is 13.2 Å². The third-order valence-corrected chi connectivity index (χ3v) is 1.53. The normalized spacial score (nSPS) is 12.6. The summed E-state index contributed by atoms with van der Waals surface area (Å²) < 4.78 is 37.0. The Bertz CT molecular complexity index is 431. The van der Waals surface area contributed by atoms with Crippen LogP contribution in [0.4, 0.5) is 19.1 Å². The second-order valence-electron chi connectivity index (χ2n) is 4.35. The van der Waals surface area contributed by atoms with Gasteiger partial charge in [0, 0.05) is 11.6 Å². The van der Waals surface area contributed by atoms with Crippen molar-refractivity contribution in [1.29, 1.82) is 0 Å². The van der Waals surface area contributed by atoms with Gasteiger partial charge in [-0.2, -0.15) is 13.2 Å². The summed E-state index contributed by atoms with van der Waals surface area (Å²) in [5.74, 6) is -0.188. The van der Waals surface area contributed by atoms with Gasteiger partial charge in [-0.15, -0.1) is 0 Å². The van der Waals surface area contributed by atoms with Crippen molar-refractivity contribution in [3.05, 3.63) is 22.1 Å². The van der Waals surface area contributed by atoms with Crippen molar-refractivity contribution in [3.8, 4) is 0 Å². The van der Waals surface area contributed by atoms with Crippen LogP contribution in [-0.2, 0) is 6.18 Å². The summed E-state index contributed by atoms with van der Waals surface area (Å²) >= 11 is 0. The lowest BCUT2D eigenvalue weighted by molar-refractivity contribution is -0.141. The summed E-state index contributed by atoms with van der Waals surface area (Å²) in [4.78, 5) is 16.5. The number of nitrogens with zero attached hydrogens (tertiary/aromatic N) is 1. The standard InChI is InChI=1S/C9H12F3N3O/c1-8(2,3)15-7-13-5(9(10,11)12)4-6(16)14-7/h4H,1-3H3,(H2,13,14,15,16). The van der Waals surface area contributed by atoms with E-state index in [9.17, 15) is 18.0 Å². The third kappa shape index (κ3) is 3.56. The first-order chi connectivity index (χ1) is 7.08. The second-order valence-corrected chi connectivity index (χ2v) is 4.35. The van der Waals surface area contributed by atoms with Crippen LogP contribution in [0.25, 0.3) is 0 Å². The van der Waals surface area contributed by atoms with Gasteiger partial charge in [0.1, 0.15) is 0 Å². The number of alkyl halides is 3. The summed E-state index contributed by atoms with van der Waals surface area (Å²) in [6.07, 6.45) is -4.62. The SMILES string of the molecule is CC(C)(C)Nc1nc(C(F)(F)F)cc(=O)[nH]1. The molecule has 1 aromatic rings. The number of H-pyrrole nitrogens is 1. The highest BCUT2D eigenvalue weighted by Gasteiger charge is 2.33. The highest BCUT2D eigenvalue weighted by Crippen LogP contribution is 2.27. The molecule has 0 unspecified atom stereocenters. The van der Waals surface area contributed by atoms with E-state index in [1.165, 1.54) is 0 Å². The largest absolute Gasteiger partial charge is 0.433 e. The molecule has 2 N–H and O–H groups in total. The monoisotopic (exact) mass is 235 g/mol. The molecule has 0 bridgehead atoms. The van der Waals surface area contributed by atoms with E-state index in [4.69, 9.17) is 0 Å². The molecule has 7 heteroatoms. The number of anilines is 1. The number of hydrogen-bond donors (Lipinski definition) is 2. The molecule has 1 rings (SSSR count). The smallest absolute Gasteiger partial charge is 0.351 e. The summed E-state index contributed by atoms with van der Waals surface area (Å²) in [6, 6.07) is 0.424. The fourth-order valence-corrected chi connectivity index (χ4v) is 1.02. The molecular formula is C9H12F3N3O. The zero-order chi connectivity index (χ0) is 12.6. The Hall–Kier alpha value is -1.53. The zero-order valence-electron chi connectivity index (χ0n) is 9.07. The Morgan fingerprint density at radius 2 is 1.88 bits per heavy atom. The molecule has 0 fully saturated rings. The van der Waals surface area contributed by atoms with Gasteiger partial charge in [-0.3, -0.25) is 9.78 Å². The molecule has 90 valence electrons. The molecule has 1 aromatic heterocycles. The number of rotatable bonds is 1. The van der Waals surface area contributed by atoms with Gasteiger partial charge >= 0.3 is 6.18 Å². The van der Waals surface area contributed by atoms with Crippen LogP contribution in [0.3, 0.4) is 0 Å².